The Morgan fingerprint density at radius 1 is 1.05 bits per heavy atom. The van der Waals surface area contributed by atoms with Crippen molar-refractivity contribution in [1.29, 1.82) is 0 Å². The van der Waals surface area contributed by atoms with E-state index in [4.69, 9.17) is 23.2 Å². The Balaban J connectivity index is 1.89. The van der Waals surface area contributed by atoms with E-state index in [1.165, 1.54) is 4.70 Å². The number of hydrogen-bond donors (Lipinski definition) is 1. The third-order valence-corrected chi connectivity index (χ3v) is 5.00. The summed E-state index contributed by atoms with van der Waals surface area (Å²) in [5.41, 5.74) is 1.94. The lowest BCUT2D eigenvalue weighted by Gasteiger charge is -2.11. The molecule has 0 spiro atoms. The Hall–Kier alpha value is -1.06. The van der Waals surface area contributed by atoms with Crippen LogP contribution in [-0.4, -0.2) is 5.11 Å². The second-order valence-corrected chi connectivity index (χ2v) is 6.38. The minimum atomic E-state index is -0.539. The molecule has 3 rings (SSSR count). The number of fused-ring (bicyclic) bond motifs is 1. The van der Waals surface area contributed by atoms with Crippen molar-refractivity contribution in [3.8, 4) is 0 Å². The van der Waals surface area contributed by atoms with Gasteiger partial charge in [-0.2, -0.15) is 0 Å². The van der Waals surface area contributed by atoms with Crippen LogP contribution in [0.5, 0.6) is 0 Å². The molecule has 1 aromatic heterocycles. The van der Waals surface area contributed by atoms with Gasteiger partial charge in [-0.05, 0) is 40.1 Å². The second kappa shape index (κ2) is 5.74. The first-order valence-corrected chi connectivity index (χ1v) is 7.87. The summed E-state index contributed by atoms with van der Waals surface area (Å²) in [7, 11) is 0. The van der Waals surface area contributed by atoms with Gasteiger partial charge in [0, 0.05) is 11.1 Å². The first-order valence-electron chi connectivity index (χ1n) is 6.23. The smallest absolute Gasteiger partial charge is 0.0844 e. The minimum Gasteiger partial charge on any atom is -0.388 e. The molecule has 0 saturated carbocycles. The molecule has 0 aliphatic rings. The molecule has 1 atom stereocenters. The molecule has 20 heavy (non-hydrogen) atoms. The molecule has 3 aromatic rings. The zero-order valence-corrected chi connectivity index (χ0v) is 12.8. The van der Waals surface area contributed by atoms with Crippen LogP contribution in [0.25, 0.3) is 10.1 Å². The molecule has 0 fully saturated rings. The second-order valence-electron chi connectivity index (χ2n) is 4.66. The Morgan fingerprint density at radius 3 is 2.65 bits per heavy atom. The number of aliphatic hydroxyl groups is 1. The lowest BCUT2D eigenvalue weighted by Crippen LogP contribution is -2.01. The Morgan fingerprint density at radius 2 is 1.85 bits per heavy atom. The fourth-order valence-corrected chi connectivity index (χ4v) is 3.58. The van der Waals surface area contributed by atoms with Gasteiger partial charge in [0.25, 0.3) is 0 Å². The van der Waals surface area contributed by atoms with E-state index in [2.05, 4.69) is 6.07 Å². The quantitative estimate of drug-likeness (QED) is 0.676. The van der Waals surface area contributed by atoms with E-state index >= 15 is 0 Å². The maximum atomic E-state index is 10.5. The maximum Gasteiger partial charge on any atom is 0.0844 e. The summed E-state index contributed by atoms with van der Waals surface area (Å²) in [6.45, 7) is 0. The topological polar surface area (TPSA) is 20.2 Å². The third kappa shape index (κ3) is 2.70. The maximum absolute atomic E-state index is 10.5. The number of thiophene rings is 1. The molecule has 1 unspecified atom stereocenters. The van der Waals surface area contributed by atoms with Gasteiger partial charge in [0.15, 0.2) is 0 Å². The molecule has 0 amide bonds. The van der Waals surface area contributed by atoms with Crippen LogP contribution in [0, 0.1) is 0 Å². The number of aliphatic hydroxyl groups excluding tert-OH is 1. The van der Waals surface area contributed by atoms with Crippen molar-refractivity contribution in [2.24, 2.45) is 0 Å². The molecule has 1 heterocycles. The van der Waals surface area contributed by atoms with E-state index in [1.54, 1.807) is 17.4 Å². The van der Waals surface area contributed by atoms with Gasteiger partial charge in [-0.15, -0.1) is 11.3 Å². The monoisotopic (exact) mass is 322 g/mol. The van der Waals surface area contributed by atoms with Crippen molar-refractivity contribution in [3.05, 3.63) is 69.0 Å². The van der Waals surface area contributed by atoms with Crippen LogP contribution in [0.3, 0.4) is 0 Å². The average molecular weight is 323 g/mol. The summed E-state index contributed by atoms with van der Waals surface area (Å²) in [5.74, 6) is 0. The third-order valence-electron chi connectivity index (χ3n) is 3.28. The van der Waals surface area contributed by atoms with Crippen LogP contribution in [0.15, 0.2) is 47.8 Å². The fourth-order valence-electron chi connectivity index (χ4n) is 2.26. The number of rotatable bonds is 3. The first kappa shape index (κ1) is 13.9. The normalized spacial score (nSPS) is 12.8. The van der Waals surface area contributed by atoms with E-state index in [9.17, 15) is 5.11 Å². The van der Waals surface area contributed by atoms with E-state index in [1.807, 2.05) is 35.7 Å². The standard InChI is InChI=1S/C16H12Cl2OS/c17-13-6-5-10(7-14(13)18)8-15(19)12-9-20-16-4-2-1-3-11(12)16/h1-7,9,15,19H,8H2. The van der Waals surface area contributed by atoms with Crippen LogP contribution < -0.4 is 0 Å². The van der Waals surface area contributed by atoms with E-state index in [0.717, 1.165) is 16.5 Å². The molecule has 1 nitrogen and oxygen atoms in total. The highest BCUT2D eigenvalue weighted by atomic mass is 35.5. The molecule has 0 aliphatic heterocycles. The van der Waals surface area contributed by atoms with Crippen LogP contribution in [-0.2, 0) is 6.42 Å². The van der Waals surface area contributed by atoms with Crippen molar-refractivity contribution in [3.63, 3.8) is 0 Å². The highest BCUT2D eigenvalue weighted by molar-refractivity contribution is 7.17. The summed E-state index contributed by atoms with van der Waals surface area (Å²) in [5, 5.41) is 14.6. The molecule has 102 valence electrons. The van der Waals surface area contributed by atoms with Crippen molar-refractivity contribution in [2.75, 3.05) is 0 Å². The van der Waals surface area contributed by atoms with Crippen LogP contribution in [0.1, 0.15) is 17.2 Å². The summed E-state index contributed by atoms with van der Waals surface area (Å²) < 4.78 is 1.19. The van der Waals surface area contributed by atoms with Gasteiger partial charge in [0.05, 0.1) is 16.1 Å². The Bertz CT molecular complexity index is 751. The molecule has 1 N–H and O–H groups in total. The summed E-state index contributed by atoms with van der Waals surface area (Å²) in [6, 6.07) is 13.6. The van der Waals surface area contributed by atoms with Gasteiger partial charge >= 0.3 is 0 Å². The van der Waals surface area contributed by atoms with Gasteiger partial charge in [-0.25, -0.2) is 0 Å². The Labute approximate surface area is 131 Å². The predicted molar refractivity (Wildman–Crippen MR) is 87.0 cm³/mol. The molecule has 2 aromatic carbocycles. The van der Waals surface area contributed by atoms with E-state index in [0.29, 0.717) is 16.5 Å². The van der Waals surface area contributed by atoms with Gasteiger partial charge in [-0.3, -0.25) is 0 Å². The molecular weight excluding hydrogens is 311 g/mol. The van der Waals surface area contributed by atoms with Crippen LogP contribution in [0.4, 0.5) is 0 Å². The highest BCUT2D eigenvalue weighted by Gasteiger charge is 2.14. The van der Waals surface area contributed by atoms with E-state index in [-0.39, 0.29) is 0 Å². The molecule has 4 heteroatoms. The van der Waals surface area contributed by atoms with Crippen molar-refractivity contribution in [2.45, 2.75) is 12.5 Å². The summed E-state index contributed by atoms with van der Waals surface area (Å²) in [6.07, 6.45) is -0.0131. The van der Waals surface area contributed by atoms with Crippen molar-refractivity contribution < 1.29 is 5.11 Å². The molecular formula is C16H12Cl2OS. The molecule has 0 radical (unpaired) electrons. The number of benzene rings is 2. The number of hydrogen-bond acceptors (Lipinski definition) is 2. The largest absolute Gasteiger partial charge is 0.388 e. The van der Waals surface area contributed by atoms with Gasteiger partial charge in [-0.1, -0.05) is 47.5 Å². The lowest BCUT2D eigenvalue weighted by atomic mass is 10.0. The molecule has 0 bridgehead atoms. The Kier molecular flexibility index (Phi) is 3.99. The number of halogens is 2. The zero-order valence-electron chi connectivity index (χ0n) is 10.5. The molecule has 0 saturated heterocycles. The fraction of sp³-hybridized carbons (Fsp3) is 0.125. The van der Waals surface area contributed by atoms with Crippen LogP contribution in [0.2, 0.25) is 10.0 Å². The zero-order chi connectivity index (χ0) is 14.1. The van der Waals surface area contributed by atoms with Gasteiger partial charge in [0.1, 0.15) is 0 Å². The lowest BCUT2D eigenvalue weighted by molar-refractivity contribution is 0.180. The highest BCUT2D eigenvalue weighted by Crippen LogP contribution is 2.32. The van der Waals surface area contributed by atoms with Gasteiger partial charge < -0.3 is 5.11 Å². The van der Waals surface area contributed by atoms with Gasteiger partial charge in [0.2, 0.25) is 0 Å². The SMILES string of the molecule is OC(Cc1ccc(Cl)c(Cl)c1)c1csc2ccccc12. The predicted octanol–water partition coefficient (Wildman–Crippen LogP) is 5.48. The first-order chi connectivity index (χ1) is 9.65. The average Bonchev–Trinajstić information content (AvgIpc) is 2.87. The minimum absolute atomic E-state index is 0.520. The van der Waals surface area contributed by atoms with Crippen LogP contribution >= 0.6 is 34.5 Å². The summed E-state index contributed by atoms with van der Waals surface area (Å²) in [4.78, 5) is 0. The van der Waals surface area contributed by atoms with Crippen molar-refractivity contribution >= 4 is 44.6 Å². The van der Waals surface area contributed by atoms with Crippen molar-refractivity contribution in [1.82, 2.24) is 0 Å². The van der Waals surface area contributed by atoms with E-state index < -0.39 is 6.10 Å². The summed E-state index contributed by atoms with van der Waals surface area (Å²) >= 11 is 13.6. The molecule has 0 aliphatic carbocycles.